The molecule has 0 saturated heterocycles. The third-order valence-corrected chi connectivity index (χ3v) is 3.72. The minimum atomic E-state index is -0.259. The van der Waals surface area contributed by atoms with Crippen LogP contribution in [0, 0.1) is 0 Å². The van der Waals surface area contributed by atoms with Crippen LogP contribution in [-0.2, 0) is 9.53 Å². The number of ether oxygens (including phenoxy) is 2. The summed E-state index contributed by atoms with van der Waals surface area (Å²) in [6.45, 7) is 5.35. The molecule has 144 valence electrons. The summed E-state index contributed by atoms with van der Waals surface area (Å²) in [6.07, 6.45) is 1.28. The van der Waals surface area contributed by atoms with Crippen LogP contribution in [0.3, 0.4) is 0 Å². The van der Waals surface area contributed by atoms with Crippen molar-refractivity contribution in [2.75, 3.05) is 30.5 Å². The maximum absolute atomic E-state index is 12.6. The average Bonchev–Trinajstić information content (AvgIpc) is 2.67. The van der Waals surface area contributed by atoms with Crippen molar-refractivity contribution in [2.24, 2.45) is 0 Å². The fraction of sp³-hybridized carbons (Fsp3) is 0.333. The fourth-order valence-corrected chi connectivity index (χ4v) is 2.42. The van der Waals surface area contributed by atoms with Crippen molar-refractivity contribution < 1.29 is 19.1 Å². The van der Waals surface area contributed by atoms with Gasteiger partial charge in [-0.15, -0.1) is 0 Å². The molecule has 2 aromatic carbocycles. The molecule has 0 aliphatic carbocycles. The average molecular weight is 370 g/mol. The molecule has 2 aromatic rings. The van der Waals surface area contributed by atoms with Crippen molar-refractivity contribution in [1.29, 1.82) is 0 Å². The molecule has 0 aromatic heterocycles. The normalized spacial score (nSPS) is 10.3. The zero-order valence-electron chi connectivity index (χ0n) is 15.8. The Kier molecular flexibility index (Phi) is 8.32. The van der Waals surface area contributed by atoms with Gasteiger partial charge in [0.05, 0.1) is 12.2 Å². The second kappa shape index (κ2) is 11.0. The van der Waals surface area contributed by atoms with Gasteiger partial charge in [-0.25, -0.2) is 0 Å². The highest BCUT2D eigenvalue weighted by Crippen LogP contribution is 2.21. The molecule has 6 nitrogen and oxygen atoms in total. The molecule has 0 atom stereocenters. The van der Waals surface area contributed by atoms with Crippen LogP contribution in [-0.4, -0.2) is 31.6 Å². The molecule has 27 heavy (non-hydrogen) atoms. The van der Waals surface area contributed by atoms with Gasteiger partial charge in [0, 0.05) is 24.4 Å². The molecule has 6 heteroatoms. The van der Waals surface area contributed by atoms with Crippen LogP contribution in [0.15, 0.2) is 48.5 Å². The number of rotatable bonds is 10. The highest BCUT2D eigenvalue weighted by atomic mass is 16.5. The molecule has 0 heterocycles. The van der Waals surface area contributed by atoms with Crippen LogP contribution in [0.4, 0.5) is 11.4 Å². The monoisotopic (exact) mass is 370 g/mol. The Morgan fingerprint density at radius 1 is 0.889 bits per heavy atom. The first kappa shape index (κ1) is 20.5. The highest BCUT2D eigenvalue weighted by Gasteiger charge is 2.12. The Labute approximate surface area is 159 Å². The summed E-state index contributed by atoms with van der Waals surface area (Å²) >= 11 is 0. The van der Waals surface area contributed by atoms with Crippen LogP contribution in [0.25, 0.3) is 0 Å². The molecule has 0 radical (unpaired) electrons. The van der Waals surface area contributed by atoms with Gasteiger partial charge in [-0.3, -0.25) is 9.59 Å². The smallest absolute Gasteiger partial charge is 0.259 e. The summed E-state index contributed by atoms with van der Waals surface area (Å²) in [6, 6.07) is 14.1. The summed E-state index contributed by atoms with van der Waals surface area (Å²) in [4.78, 5) is 24.2. The Morgan fingerprint density at radius 3 is 2.22 bits per heavy atom. The van der Waals surface area contributed by atoms with Gasteiger partial charge in [0.1, 0.15) is 12.4 Å². The number of carbonyl (C=O) groups excluding carboxylic acids is 2. The molecule has 2 N–H and O–H groups in total. The number of amides is 2. The molecule has 0 aliphatic heterocycles. The molecule has 0 unspecified atom stereocenters. The minimum absolute atomic E-state index is 0.0209. The topological polar surface area (TPSA) is 76.7 Å². The van der Waals surface area contributed by atoms with E-state index in [0.717, 1.165) is 6.42 Å². The molecule has 0 bridgehead atoms. The summed E-state index contributed by atoms with van der Waals surface area (Å²) in [5, 5.41) is 5.66. The number of para-hydroxylation sites is 1. The van der Waals surface area contributed by atoms with Crippen LogP contribution in [0.2, 0.25) is 0 Å². The number of nitrogens with one attached hydrogen (secondary N) is 2. The predicted octanol–water partition coefficient (Wildman–Crippen LogP) is 4.09. The van der Waals surface area contributed by atoms with Crippen LogP contribution < -0.4 is 15.4 Å². The van der Waals surface area contributed by atoms with Gasteiger partial charge in [-0.1, -0.05) is 19.1 Å². The molecule has 0 aliphatic rings. The zero-order chi connectivity index (χ0) is 19.5. The Balaban J connectivity index is 1.97. The molecule has 0 fully saturated rings. The first-order chi connectivity index (χ1) is 13.1. The fourth-order valence-electron chi connectivity index (χ4n) is 2.42. The number of anilines is 2. The van der Waals surface area contributed by atoms with Crippen molar-refractivity contribution in [3.8, 4) is 5.75 Å². The molecule has 0 spiro atoms. The van der Waals surface area contributed by atoms with Gasteiger partial charge in [0.2, 0.25) is 5.91 Å². The van der Waals surface area contributed by atoms with Gasteiger partial charge in [-0.2, -0.15) is 0 Å². The summed E-state index contributed by atoms with van der Waals surface area (Å²) in [7, 11) is 0. The van der Waals surface area contributed by atoms with E-state index < -0.39 is 0 Å². The number of hydrogen-bond donors (Lipinski definition) is 2. The quantitative estimate of drug-likeness (QED) is 0.618. The SMILES string of the molecule is CCCC(=O)Nc1ccc(NC(=O)c2ccccc2OCCOCC)cc1. The first-order valence-electron chi connectivity index (χ1n) is 9.14. The van der Waals surface area contributed by atoms with Gasteiger partial charge >= 0.3 is 0 Å². The van der Waals surface area contributed by atoms with Crippen LogP contribution >= 0.6 is 0 Å². The molecule has 2 amide bonds. The second-order valence-corrected chi connectivity index (χ2v) is 5.87. The van der Waals surface area contributed by atoms with Crippen molar-refractivity contribution in [1.82, 2.24) is 0 Å². The number of hydrogen-bond acceptors (Lipinski definition) is 4. The molecule has 2 rings (SSSR count). The van der Waals surface area contributed by atoms with E-state index in [1.807, 2.05) is 19.9 Å². The number of carbonyl (C=O) groups is 2. The molecular weight excluding hydrogens is 344 g/mol. The van der Waals surface area contributed by atoms with E-state index in [2.05, 4.69) is 10.6 Å². The lowest BCUT2D eigenvalue weighted by molar-refractivity contribution is -0.116. The first-order valence-corrected chi connectivity index (χ1v) is 9.14. The predicted molar refractivity (Wildman–Crippen MR) is 106 cm³/mol. The van der Waals surface area contributed by atoms with E-state index in [9.17, 15) is 9.59 Å². The Hall–Kier alpha value is -2.86. The molecule has 0 saturated carbocycles. The van der Waals surface area contributed by atoms with E-state index in [0.29, 0.717) is 48.9 Å². The Morgan fingerprint density at radius 2 is 1.56 bits per heavy atom. The largest absolute Gasteiger partial charge is 0.490 e. The number of benzene rings is 2. The summed E-state index contributed by atoms with van der Waals surface area (Å²) in [5.41, 5.74) is 1.79. The van der Waals surface area contributed by atoms with Crippen molar-refractivity contribution >= 4 is 23.2 Å². The maximum Gasteiger partial charge on any atom is 0.259 e. The van der Waals surface area contributed by atoms with Crippen LogP contribution in [0.5, 0.6) is 5.75 Å². The van der Waals surface area contributed by atoms with Gasteiger partial charge in [0.25, 0.3) is 5.91 Å². The van der Waals surface area contributed by atoms with Crippen molar-refractivity contribution in [3.05, 3.63) is 54.1 Å². The summed E-state index contributed by atoms with van der Waals surface area (Å²) in [5.74, 6) is 0.232. The molecular formula is C21H26N2O4. The zero-order valence-corrected chi connectivity index (χ0v) is 15.8. The van der Waals surface area contributed by atoms with Crippen molar-refractivity contribution in [2.45, 2.75) is 26.7 Å². The van der Waals surface area contributed by atoms with E-state index in [1.54, 1.807) is 42.5 Å². The van der Waals surface area contributed by atoms with E-state index in [1.165, 1.54) is 0 Å². The third kappa shape index (κ3) is 6.75. The van der Waals surface area contributed by atoms with E-state index in [-0.39, 0.29) is 11.8 Å². The van der Waals surface area contributed by atoms with Crippen molar-refractivity contribution in [3.63, 3.8) is 0 Å². The highest BCUT2D eigenvalue weighted by molar-refractivity contribution is 6.06. The van der Waals surface area contributed by atoms with Gasteiger partial charge in [0.15, 0.2) is 0 Å². The van der Waals surface area contributed by atoms with E-state index >= 15 is 0 Å². The standard InChI is InChI=1S/C21H26N2O4/c1-3-7-20(24)22-16-10-12-17(13-11-16)23-21(25)18-8-5-6-9-19(18)27-15-14-26-4-2/h5-6,8-13H,3-4,7,14-15H2,1-2H3,(H,22,24)(H,23,25). The third-order valence-electron chi connectivity index (χ3n) is 3.72. The van der Waals surface area contributed by atoms with Crippen LogP contribution in [0.1, 0.15) is 37.0 Å². The lowest BCUT2D eigenvalue weighted by Crippen LogP contribution is -2.15. The lowest BCUT2D eigenvalue weighted by atomic mass is 10.1. The Bertz CT molecular complexity index is 744. The van der Waals surface area contributed by atoms with Gasteiger partial charge < -0.3 is 20.1 Å². The minimum Gasteiger partial charge on any atom is -0.490 e. The second-order valence-electron chi connectivity index (χ2n) is 5.87. The van der Waals surface area contributed by atoms with E-state index in [4.69, 9.17) is 9.47 Å². The maximum atomic E-state index is 12.6. The summed E-state index contributed by atoms with van der Waals surface area (Å²) < 4.78 is 10.9. The lowest BCUT2D eigenvalue weighted by Gasteiger charge is -2.12. The van der Waals surface area contributed by atoms with Gasteiger partial charge in [-0.05, 0) is 49.7 Å².